The van der Waals surface area contributed by atoms with Crippen LogP contribution in [0.5, 0.6) is 0 Å². The number of rotatable bonds is 20. The number of hydrogen-bond acceptors (Lipinski definition) is 9. The molecule has 1 heterocycles. The molecule has 2 N–H and O–H groups in total. The van der Waals surface area contributed by atoms with E-state index in [-0.39, 0.29) is 23.8 Å². The summed E-state index contributed by atoms with van der Waals surface area (Å²) in [5.74, 6) is -1.10. The first kappa shape index (κ1) is 45.9. The van der Waals surface area contributed by atoms with Crippen molar-refractivity contribution in [3.05, 3.63) is 152 Å². The minimum Gasteiger partial charge on any atom is -0.465 e. The van der Waals surface area contributed by atoms with Gasteiger partial charge < -0.3 is 25.0 Å². The number of anilines is 2. The molecule has 0 aliphatic heterocycles. The van der Waals surface area contributed by atoms with E-state index < -0.39 is 0 Å². The third-order valence-corrected chi connectivity index (χ3v) is 12.9. The molecule has 0 unspecified atom stereocenters. The van der Waals surface area contributed by atoms with E-state index in [1.807, 2.05) is 85.8 Å². The molecule has 0 radical (unpaired) electrons. The van der Waals surface area contributed by atoms with Crippen LogP contribution in [-0.2, 0) is 48.2 Å². The number of esters is 2. The summed E-state index contributed by atoms with van der Waals surface area (Å²) < 4.78 is 10.1. The molecule has 1 aliphatic carbocycles. The quantitative estimate of drug-likeness (QED) is 0.0744. The van der Waals surface area contributed by atoms with Gasteiger partial charge in [-0.25, -0.2) is 9.59 Å². The second-order valence-corrected chi connectivity index (χ2v) is 17.1. The fourth-order valence-electron chi connectivity index (χ4n) is 8.21. The van der Waals surface area contributed by atoms with Crippen molar-refractivity contribution in [3.8, 4) is 0 Å². The molecule has 6 rings (SSSR count). The number of nitrogens with zero attached hydrogens (tertiary/aromatic N) is 2. The van der Waals surface area contributed by atoms with E-state index in [1.165, 1.54) is 18.4 Å². The van der Waals surface area contributed by atoms with Gasteiger partial charge in [-0.15, -0.1) is 11.3 Å². The second kappa shape index (κ2) is 22.5. The zero-order valence-corrected chi connectivity index (χ0v) is 37.6. The number of thiophene rings is 1. The Bertz CT molecular complexity index is 2300. The van der Waals surface area contributed by atoms with E-state index in [9.17, 15) is 19.2 Å². The van der Waals surface area contributed by atoms with Crippen LogP contribution in [0.1, 0.15) is 121 Å². The zero-order valence-electron chi connectivity index (χ0n) is 36.8. The van der Waals surface area contributed by atoms with Gasteiger partial charge in [0.15, 0.2) is 0 Å². The summed E-state index contributed by atoms with van der Waals surface area (Å²) in [4.78, 5) is 58.3. The maximum absolute atomic E-state index is 14.0. The molecule has 326 valence electrons. The lowest BCUT2D eigenvalue weighted by Crippen LogP contribution is -2.39. The first-order valence-corrected chi connectivity index (χ1v) is 22.7. The monoisotopic (exact) mass is 856 g/mol. The molecule has 11 heteroatoms. The molecule has 4 aromatic carbocycles. The predicted molar refractivity (Wildman–Crippen MR) is 248 cm³/mol. The summed E-state index contributed by atoms with van der Waals surface area (Å²) in [5.41, 5.74) is 8.20. The summed E-state index contributed by atoms with van der Waals surface area (Å²) in [5, 5.41) is 6.86. The first-order chi connectivity index (χ1) is 30.1. The van der Waals surface area contributed by atoms with Crippen molar-refractivity contribution in [2.45, 2.75) is 91.3 Å². The van der Waals surface area contributed by atoms with Crippen molar-refractivity contribution < 1.29 is 28.7 Å². The van der Waals surface area contributed by atoms with Gasteiger partial charge in [0.2, 0.25) is 0 Å². The van der Waals surface area contributed by atoms with Crippen molar-refractivity contribution >= 4 is 45.8 Å². The number of fused-ring (bicyclic) bond motifs is 1. The Morgan fingerprint density at radius 2 is 1.40 bits per heavy atom. The smallest absolute Gasteiger partial charge is 0.338 e. The standard InChI is InChI=1S/C51H60N4O6S/c1-6-42(7-2)55(31-30-54(4)34-40-15-9-10-17-43(40)51(59)61-8-3)33-37-14-13-16-39(32-37)47(56)53-49-46(44-18-11-12-19-45(44)62-49)48(57)52-41-28-24-36(25-29-41)21-20-35-22-26-38(27-23-35)50(58)60-5/h9-10,13-17,22-29,32,42H,6-8,11-12,18-21,30-31,33-34H2,1-5H3,(H,52,57)(H,53,56). The molecular formula is C51H60N4O6S. The third-order valence-electron chi connectivity index (χ3n) is 11.7. The van der Waals surface area contributed by atoms with Gasteiger partial charge in [0, 0.05) is 48.3 Å². The molecule has 0 atom stereocenters. The van der Waals surface area contributed by atoms with Crippen LogP contribution >= 0.6 is 11.3 Å². The van der Waals surface area contributed by atoms with E-state index >= 15 is 0 Å². The molecular weight excluding hydrogens is 797 g/mol. The van der Waals surface area contributed by atoms with E-state index in [2.05, 4.69) is 47.4 Å². The summed E-state index contributed by atoms with van der Waals surface area (Å²) in [6.07, 6.45) is 7.38. The minimum atomic E-state index is -0.349. The lowest BCUT2D eigenvalue weighted by Gasteiger charge is -2.32. The van der Waals surface area contributed by atoms with Gasteiger partial charge >= 0.3 is 11.9 Å². The lowest BCUT2D eigenvalue weighted by atomic mass is 9.95. The van der Waals surface area contributed by atoms with Gasteiger partial charge in [-0.2, -0.15) is 0 Å². The summed E-state index contributed by atoms with van der Waals surface area (Å²) >= 11 is 1.52. The zero-order chi connectivity index (χ0) is 44.0. The van der Waals surface area contributed by atoms with Crippen LogP contribution in [0.2, 0.25) is 0 Å². The van der Waals surface area contributed by atoms with Gasteiger partial charge in [-0.3, -0.25) is 14.5 Å². The van der Waals surface area contributed by atoms with Crippen LogP contribution < -0.4 is 10.6 Å². The fourth-order valence-corrected chi connectivity index (χ4v) is 9.49. The van der Waals surface area contributed by atoms with E-state index in [4.69, 9.17) is 9.47 Å². The van der Waals surface area contributed by atoms with Crippen LogP contribution in [0.25, 0.3) is 0 Å². The number of nitrogens with one attached hydrogen (secondary N) is 2. The molecule has 0 bridgehead atoms. The van der Waals surface area contributed by atoms with Crippen molar-refractivity contribution in [1.29, 1.82) is 0 Å². The van der Waals surface area contributed by atoms with E-state index in [0.29, 0.717) is 58.7 Å². The molecule has 0 fully saturated rings. The van der Waals surface area contributed by atoms with Gasteiger partial charge in [-0.05, 0) is 136 Å². The molecule has 1 aliphatic rings. The highest BCUT2D eigenvalue weighted by molar-refractivity contribution is 7.17. The van der Waals surface area contributed by atoms with E-state index in [1.54, 1.807) is 12.1 Å². The summed E-state index contributed by atoms with van der Waals surface area (Å²) in [6.45, 7) is 9.50. The molecule has 0 spiro atoms. The SMILES string of the molecule is CCOC(=O)c1ccccc1CN(C)CCN(Cc1cccc(C(=O)Nc2sc3c(c2C(=O)Nc2ccc(CCc4ccc(C(=O)OC)cc4)cc2)CCCC3)c1)C(CC)CC. The topological polar surface area (TPSA) is 117 Å². The first-order valence-electron chi connectivity index (χ1n) is 21.9. The molecule has 0 saturated heterocycles. The van der Waals surface area contributed by atoms with Gasteiger partial charge in [-0.1, -0.05) is 68.4 Å². The molecule has 1 aromatic heterocycles. The maximum Gasteiger partial charge on any atom is 0.338 e. The van der Waals surface area contributed by atoms with E-state index in [0.717, 1.165) is 97.2 Å². The highest BCUT2D eigenvalue weighted by Crippen LogP contribution is 2.39. The number of benzene rings is 4. The summed E-state index contributed by atoms with van der Waals surface area (Å²) in [7, 11) is 3.45. The number of ether oxygens (including phenoxy) is 2. The van der Waals surface area contributed by atoms with Crippen molar-refractivity contribution in [2.75, 3.05) is 44.5 Å². The number of amides is 2. The lowest BCUT2D eigenvalue weighted by molar-refractivity contribution is 0.0522. The number of methoxy groups -OCH3 is 1. The Balaban J connectivity index is 1.10. The highest BCUT2D eigenvalue weighted by atomic mass is 32.1. The van der Waals surface area contributed by atoms with Crippen LogP contribution in [0.4, 0.5) is 10.7 Å². The Kier molecular flexibility index (Phi) is 16.6. The molecule has 10 nitrogen and oxygen atoms in total. The number of aryl methyl sites for hydroxylation is 3. The van der Waals surface area contributed by atoms with Crippen molar-refractivity contribution in [1.82, 2.24) is 9.80 Å². The highest BCUT2D eigenvalue weighted by Gasteiger charge is 2.27. The predicted octanol–water partition coefficient (Wildman–Crippen LogP) is 10.0. The van der Waals surface area contributed by atoms with Crippen molar-refractivity contribution in [2.24, 2.45) is 0 Å². The fraction of sp³-hybridized carbons (Fsp3) is 0.373. The van der Waals surface area contributed by atoms with Gasteiger partial charge in [0.1, 0.15) is 5.00 Å². The average molecular weight is 857 g/mol. The normalized spacial score (nSPS) is 12.3. The number of hydrogen-bond donors (Lipinski definition) is 2. The Morgan fingerprint density at radius 1 is 0.710 bits per heavy atom. The summed E-state index contributed by atoms with van der Waals surface area (Å²) in [6, 6.07) is 31.1. The van der Waals surface area contributed by atoms with Crippen LogP contribution in [0.15, 0.2) is 97.1 Å². The Labute approximate surface area is 370 Å². The van der Waals surface area contributed by atoms with Gasteiger partial charge in [0.05, 0.1) is 30.4 Å². The minimum absolute atomic E-state index is 0.220. The molecule has 0 saturated carbocycles. The Morgan fingerprint density at radius 3 is 2.10 bits per heavy atom. The number of carbonyl (C=O) groups is 4. The maximum atomic E-state index is 14.0. The van der Waals surface area contributed by atoms with Crippen molar-refractivity contribution in [3.63, 3.8) is 0 Å². The average Bonchev–Trinajstić information content (AvgIpc) is 3.66. The Hall–Kier alpha value is -5.62. The third kappa shape index (κ3) is 12.1. The molecule has 2 amide bonds. The number of likely N-dealkylation sites (N-methyl/N-ethyl adjacent to an activating group) is 1. The van der Waals surface area contributed by atoms with Crippen LogP contribution in [0.3, 0.4) is 0 Å². The molecule has 62 heavy (non-hydrogen) atoms. The number of carbonyl (C=O) groups excluding carboxylic acids is 4. The van der Waals surface area contributed by atoms with Crippen LogP contribution in [-0.4, -0.2) is 73.4 Å². The van der Waals surface area contributed by atoms with Crippen LogP contribution in [0, 0.1) is 0 Å². The van der Waals surface area contributed by atoms with Gasteiger partial charge in [0.25, 0.3) is 11.8 Å². The second-order valence-electron chi connectivity index (χ2n) is 16.0. The molecule has 5 aromatic rings. The largest absolute Gasteiger partial charge is 0.465 e.